The van der Waals surface area contributed by atoms with Gasteiger partial charge in [-0.1, -0.05) is 32.0 Å². The second kappa shape index (κ2) is 4.92. The highest BCUT2D eigenvalue weighted by atomic mass is 16.4. The van der Waals surface area contributed by atoms with Crippen LogP contribution < -0.4 is 0 Å². The molecule has 2 nitrogen and oxygen atoms in total. The number of aliphatic hydroxyl groups is 1. The van der Waals surface area contributed by atoms with Crippen molar-refractivity contribution in [1.29, 1.82) is 0 Å². The molecule has 0 amide bonds. The fourth-order valence-electron chi connectivity index (χ4n) is 3.47. The van der Waals surface area contributed by atoms with Gasteiger partial charge in [0.1, 0.15) is 16.9 Å². The molecule has 2 aromatic rings. The molecule has 0 unspecified atom stereocenters. The number of para-hydroxylation sites is 1. The van der Waals surface area contributed by atoms with Crippen LogP contribution in [0.15, 0.2) is 28.7 Å². The van der Waals surface area contributed by atoms with E-state index in [1.54, 1.807) is 0 Å². The van der Waals surface area contributed by atoms with Crippen LogP contribution in [0, 0.1) is 18.8 Å². The Hall–Kier alpha value is -1.28. The molecular weight excluding hydrogens is 248 g/mol. The van der Waals surface area contributed by atoms with Crippen LogP contribution in [0.1, 0.15) is 50.9 Å². The smallest absolute Gasteiger partial charge is 0.137 e. The summed E-state index contributed by atoms with van der Waals surface area (Å²) in [7, 11) is 0. The standard InChI is InChI=1S/C18H24O2/c1-12(2)14-7-9-18(19,10-8-14)16-11-15-6-4-5-13(3)17(15)20-16/h4-6,11-12,14,19H,7-10H2,1-3H3. The lowest BCUT2D eigenvalue weighted by atomic mass is 9.74. The van der Waals surface area contributed by atoms with Crippen LogP contribution in [0.4, 0.5) is 0 Å². The zero-order chi connectivity index (χ0) is 14.3. The Morgan fingerprint density at radius 2 is 1.95 bits per heavy atom. The average Bonchev–Trinajstić information content (AvgIpc) is 2.85. The minimum atomic E-state index is -0.767. The molecule has 2 heteroatoms. The molecule has 1 fully saturated rings. The van der Waals surface area contributed by atoms with Crippen LogP contribution in [-0.2, 0) is 5.60 Å². The molecule has 0 saturated heterocycles. The van der Waals surface area contributed by atoms with E-state index < -0.39 is 5.60 Å². The number of hydrogen-bond acceptors (Lipinski definition) is 2. The predicted octanol–water partition coefficient (Wildman–Crippen LogP) is 4.78. The van der Waals surface area contributed by atoms with Crippen molar-refractivity contribution in [3.63, 3.8) is 0 Å². The van der Waals surface area contributed by atoms with Crippen molar-refractivity contribution in [2.75, 3.05) is 0 Å². The van der Waals surface area contributed by atoms with Gasteiger partial charge in [-0.3, -0.25) is 0 Å². The summed E-state index contributed by atoms with van der Waals surface area (Å²) in [6.07, 6.45) is 3.80. The Morgan fingerprint density at radius 3 is 2.55 bits per heavy atom. The topological polar surface area (TPSA) is 33.4 Å². The van der Waals surface area contributed by atoms with Gasteiger partial charge < -0.3 is 9.52 Å². The third-order valence-electron chi connectivity index (χ3n) is 5.00. The van der Waals surface area contributed by atoms with E-state index in [2.05, 4.69) is 32.9 Å². The minimum Gasteiger partial charge on any atom is -0.458 e. The highest BCUT2D eigenvalue weighted by Crippen LogP contribution is 2.43. The lowest BCUT2D eigenvalue weighted by molar-refractivity contribution is -0.0359. The van der Waals surface area contributed by atoms with Gasteiger partial charge in [-0.25, -0.2) is 0 Å². The molecule has 1 aromatic carbocycles. The van der Waals surface area contributed by atoms with Gasteiger partial charge in [-0.15, -0.1) is 0 Å². The van der Waals surface area contributed by atoms with E-state index in [9.17, 15) is 5.11 Å². The maximum absolute atomic E-state index is 10.9. The first-order chi connectivity index (χ1) is 9.49. The number of benzene rings is 1. The summed E-state index contributed by atoms with van der Waals surface area (Å²) in [6.45, 7) is 6.61. The third kappa shape index (κ3) is 2.26. The monoisotopic (exact) mass is 272 g/mol. The van der Waals surface area contributed by atoms with Gasteiger partial charge in [0.05, 0.1) is 0 Å². The molecule has 1 aliphatic rings. The summed E-state index contributed by atoms with van der Waals surface area (Å²) in [5, 5.41) is 12.0. The van der Waals surface area contributed by atoms with Crippen molar-refractivity contribution in [3.8, 4) is 0 Å². The van der Waals surface area contributed by atoms with E-state index >= 15 is 0 Å². The first kappa shape index (κ1) is 13.7. The molecular formula is C18H24O2. The van der Waals surface area contributed by atoms with Gasteiger partial charge >= 0.3 is 0 Å². The lowest BCUT2D eigenvalue weighted by Crippen LogP contribution is -2.32. The maximum Gasteiger partial charge on any atom is 0.137 e. The maximum atomic E-state index is 10.9. The van der Waals surface area contributed by atoms with Crippen molar-refractivity contribution in [2.45, 2.75) is 52.1 Å². The highest BCUT2D eigenvalue weighted by molar-refractivity contribution is 5.81. The molecule has 20 heavy (non-hydrogen) atoms. The number of rotatable bonds is 2. The molecule has 0 spiro atoms. The Morgan fingerprint density at radius 1 is 1.25 bits per heavy atom. The van der Waals surface area contributed by atoms with E-state index in [1.807, 2.05) is 12.1 Å². The molecule has 0 atom stereocenters. The average molecular weight is 272 g/mol. The van der Waals surface area contributed by atoms with Gasteiger partial charge in [0.2, 0.25) is 0 Å². The van der Waals surface area contributed by atoms with E-state index in [-0.39, 0.29) is 0 Å². The van der Waals surface area contributed by atoms with Crippen LogP contribution in [0.3, 0.4) is 0 Å². The Labute approximate surface area is 120 Å². The molecule has 0 bridgehead atoms. The normalized spacial score (nSPS) is 27.4. The fourth-order valence-corrected chi connectivity index (χ4v) is 3.47. The first-order valence-corrected chi connectivity index (χ1v) is 7.71. The second-order valence-electron chi connectivity index (χ2n) is 6.72. The van der Waals surface area contributed by atoms with Crippen molar-refractivity contribution < 1.29 is 9.52 Å². The summed E-state index contributed by atoms with van der Waals surface area (Å²) < 4.78 is 5.99. The molecule has 1 aromatic heterocycles. The fraction of sp³-hybridized carbons (Fsp3) is 0.556. The summed E-state index contributed by atoms with van der Waals surface area (Å²) in [5.41, 5.74) is 1.28. The molecule has 108 valence electrons. The molecule has 0 aliphatic heterocycles. The Kier molecular flexibility index (Phi) is 3.37. The molecule has 1 heterocycles. The summed E-state index contributed by atoms with van der Waals surface area (Å²) in [5.74, 6) is 2.20. The van der Waals surface area contributed by atoms with Gasteiger partial charge in [0.25, 0.3) is 0 Å². The van der Waals surface area contributed by atoms with Crippen LogP contribution in [0.5, 0.6) is 0 Å². The largest absolute Gasteiger partial charge is 0.458 e. The van der Waals surface area contributed by atoms with E-state index in [1.165, 1.54) is 0 Å². The lowest BCUT2D eigenvalue weighted by Gasteiger charge is -2.36. The summed E-state index contributed by atoms with van der Waals surface area (Å²) in [4.78, 5) is 0. The molecule has 0 radical (unpaired) electrons. The zero-order valence-corrected chi connectivity index (χ0v) is 12.6. The van der Waals surface area contributed by atoms with Gasteiger partial charge in [-0.2, -0.15) is 0 Å². The summed E-state index contributed by atoms with van der Waals surface area (Å²) >= 11 is 0. The minimum absolute atomic E-state index is 0.706. The van der Waals surface area contributed by atoms with Gasteiger partial charge in [0.15, 0.2) is 0 Å². The van der Waals surface area contributed by atoms with Crippen LogP contribution in [-0.4, -0.2) is 5.11 Å². The van der Waals surface area contributed by atoms with E-state index in [0.717, 1.165) is 53.9 Å². The number of aryl methyl sites for hydroxylation is 1. The third-order valence-corrected chi connectivity index (χ3v) is 5.00. The predicted molar refractivity (Wildman–Crippen MR) is 81.6 cm³/mol. The molecule has 3 rings (SSSR count). The number of fused-ring (bicyclic) bond motifs is 1. The van der Waals surface area contributed by atoms with E-state index in [0.29, 0.717) is 5.92 Å². The first-order valence-electron chi connectivity index (χ1n) is 7.71. The highest BCUT2D eigenvalue weighted by Gasteiger charge is 2.38. The molecule has 1 aliphatic carbocycles. The van der Waals surface area contributed by atoms with Crippen molar-refractivity contribution >= 4 is 11.0 Å². The number of hydrogen-bond donors (Lipinski definition) is 1. The number of furan rings is 1. The SMILES string of the molecule is Cc1cccc2cc(C3(O)CCC(C(C)C)CC3)oc12. The summed E-state index contributed by atoms with van der Waals surface area (Å²) in [6, 6.07) is 8.17. The van der Waals surface area contributed by atoms with Gasteiger partial charge in [0, 0.05) is 5.39 Å². The molecule has 1 saturated carbocycles. The second-order valence-corrected chi connectivity index (χ2v) is 6.72. The molecule has 1 N–H and O–H groups in total. The van der Waals surface area contributed by atoms with Crippen molar-refractivity contribution in [3.05, 3.63) is 35.6 Å². The van der Waals surface area contributed by atoms with E-state index in [4.69, 9.17) is 4.42 Å². The van der Waals surface area contributed by atoms with Crippen LogP contribution in [0.2, 0.25) is 0 Å². The van der Waals surface area contributed by atoms with Crippen molar-refractivity contribution in [1.82, 2.24) is 0 Å². The van der Waals surface area contributed by atoms with Crippen molar-refractivity contribution in [2.24, 2.45) is 11.8 Å². The van der Waals surface area contributed by atoms with Crippen LogP contribution in [0.25, 0.3) is 11.0 Å². The van der Waals surface area contributed by atoms with Gasteiger partial charge in [-0.05, 0) is 56.1 Å². The Bertz CT molecular complexity index is 601. The zero-order valence-electron chi connectivity index (χ0n) is 12.6. The Balaban J connectivity index is 1.89. The quantitative estimate of drug-likeness (QED) is 0.854. The van der Waals surface area contributed by atoms with Crippen LogP contribution >= 0.6 is 0 Å².